The van der Waals surface area contributed by atoms with Gasteiger partial charge in [-0.2, -0.15) is 0 Å². The fraction of sp³-hybridized carbons (Fsp3) is 0.500. The summed E-state index contributed by atoms with van der Waals surface area (Å²) >= 11 is 0. The van der Waals surface area contributed by atoms with E-state index in [1.807, 2.05) is 17.9 Å². The van der Waals surface area contributed by atoms with E-state index < -0.39 is 0 Å². The number of carbonyl (C=O) groups is 1. The van der Waals surface area contributed by atoms with Crippen LogP contribution in [0.25, 0.3) is 10.9 Å². The molecule has 1 aromatic heterocycles. The van der Waals surface area contributed by atoms with Gasteiger partial charge in [-0.15, -0.1) is 24.8 Å². The zero-order chi connectivity index (χ0) is 17.6. The molecule has 4 rings (SSSR count). The number of aromatic nitrogens is 1. The van der Waals surface area contributed by atoms with Crippen LogP contribution in [0.3, 0.4) is 0 Å². The summed E-state index contributed by atoms with van der Waals surface area (Å²) in [5.41, 5.74) is 8.30. The Labute approximate surface area is 171 Å². The summed E-state index contributed by atoms with van der Waals surface area (Å²) in [7, 11) is 0. The number of rotatable bonds is 3. The second-order valence-electron chi connectivity index (χ2n) is 7.54. The minimum atomic E-state index is -0.338. The maximum absolute atomic E-state index is 13.8. The zero-order valence-electron chi connectivity index (χ0n) is 15.4. The van der Waals surface area contributed by atoms with Gasteiger partial charge in [-0.05, 0) is 62.8 Å². The first-order valence-electron chi connectivity index (χ1n) is 9.18. The van der Waals surface area contributed by atoms with E-state index in [-0.39, 0.29) is 42.6 Å². The fourth-order valence-electron chi connectivity index (χ4n) is 3.78. The Bertz CT molecular complexity index is 826. The highest BCUT2D eigenvalue weighted by Gasteiger charge is 2.30. The number of nitrogens with zero attached hydrogens (tertiary/aromatic N) is 2. The zero-order valence-corrected chi connectivity index (χ0v) is 17.0. The van der Waals surface area contributed by atoms with E-state index in [4.69, 9.17) is 5.73 Å². The summed E-state index contributed by atoms with van der Waals surface area (Å²) < 4.78 is 13.8. The normalized spacial score (nSPS) is 20.6. The van der Waals surface area contributed by atoms with Crippen LogP contribution >= 0.6 is 24.8 Å². The molecule has 0 spiro atoms. The van der Waals surface area contributed by atoms with E-state index in [9.17, 15) is 9.18 Å². The largest absolute Gasteiger partial charge is 0.338 e. The maximum atomic E-state index is 13.8. The Morgan fingerprint density at radius 2 is 2.00 bits per heavy atom. The molecule has 1 aromatic carbocycles. The molecule has 148 valence electrons. The van der Waals surface area contributed by atoms with Gasteiger partial charge in [0, 0.05) is 36.1 Å². The van der Waals surface area contributed by atoms with Crippen LogP contribution in [0.1, 0.15) is 54.6 Å². The smallest absolute Gasteiger partial charge is 0.254 e. The van der Waals surface area contributed by atoms with Gasteiger partial charge in [0.15, 0.2) is 0 Å². The van der Waals surface area contributed by atoms with Crippen molar-refractivity contribution in [1.29, 1.82) is 0 Å². The molecule has 2 aliphatic rings. The van der Waals surface area contributed by atoms with Gasteiger partial charge in [0.2, 0.25) is 0 Å². The van der Waals surface area contributed by atoms with Crippen LogP contribution in [-0.2, 0) is 0 Å². The number of likely N-dealkylation sites (tertiary alicyclic amines) is 1. The number of hydrogen-bond donors (Lipinski definition) is 1. The van der Waals surface area contributed by atoms with E-state index in [1.54, 1.807) is 6.07 Å². The Hall–Kier alpha value is -1.43. The fourth-order valence-corrected chi connectivity index (χ4v) is 3.78. The summed E-state index contributed by atoms with van der Waals surface area (Å²) in [6.45, 7) is 3.41. The average Bonchev–Trinajstić information content (AvgIpc) is 3.45. The van der Waals surface area contributed by atoms with Crippen LogP contribution in [-0.4, -0.2) is 34.9 Å². The maximum Gasteiger partial charge on any atom is 0.254 e. The van der Waals surface area contributed by atoms with Crippen LogP contribution in [0, 0.1) is 11.7 Å². The number of carbonyl (C=O) groups excluding carboxylic acids is 1. The third-order valence-corrected chi connectivity index (χ3v) is 5.51. The van der Waals surface area contributed by atoms with Crippen molar-refractivity contribution in [2.24, 2.45) is 11.7 Å². The van der Waals surface area contributed by atoms with Crippen molar-refractivity contribution < 1.29 is 9.18 Å². The lowest BCUT2D eigenvalue weighted by atomic mass is 9.91. The molecule has 1 saturated heterocycles. The molecule has 27 heavy (non-hydrogen) atoms. The molecule has 1 saturated carbocycles. The molecule has 2 atom stereocenters. The first-order chi connectivity index (χ1) is 12.0. The number of halogens is 3. The Morgan fingerprint density at radius 3 is 2.67 bits per heavy atom. The number of fused-ring (bicyclic) bond motifs is 1. The lowest BCUT2D eigenvalue weighted by Crippen LogP contribution is -2.45. The third kappa shape index (κ3) is 4.53. The number of benzene rings is 1. The standard InChI is InChI=1S/C20H24FN3O.2ClH/c1-12(22)14-3-2-8-24(11-14)20(25)17-10-19(13-4-5-13)23-18-7-6-15(21)9-16(17)18;;/h6-7,9-10,12-14H,2-5,8,11,22H2,1H3;2*1H. The monoisotopic (exact) mass is 413 g/mol. The molecular formula is C20H26Cl2FN3O. The molecule has 2 heterocycles. The molecule has 1 amide bonds. The van der Waals surface area contributed by atoms with Gasteiger partial charge in [0.1, 0.15) is 5.82 Å². The number of amides is 1. The van der Waals surface area contributed by atoms with E-state index in [2.05, 4.69) is 4.98 Å². The Balaban J connectivity index is 0.00000131. The molecule has 2 N–H and O–H groups in total. The van der Waals surface area contributed by atoms with Gasteiger partial charge in [0.25, 0.3) is 5.91 Å². The summed E-state index contributed by atoms with van der Waals surface area (Å²) in [4.78, 5) is 19.8. The number of piperidine rings is 1. The quantitative estimate of drug-likeness (QED) is 0.815. The Morgan fingerprint density at radius 1 is 1.26 bits per heavy atom. The van der Waals surface area contributed by atoms with Crippen LogP contribution in [0.2, 0.25) is 0 Å². The van der Waals surface area contributed by atoms with Crippen LogP contribution in [0.5, 0.6) is 0 Å². The predicted octanol–water partition coefficient (Wildman–Crippen LogP) is 4.29. The molecule has 0 radical (unpaired) electrons. The highest BCUT2D eigenvalue weighted by molar-refractivity contribution is 6.06. The molecule has 2 unspecified atom stereocenters. The number of nitrogens with two attached hydrogens (primary N) is 1. The topological polar surface area (TPSA) is 59.2 Å². The number of pyridine rings is 1. The van der Waals surface area contributed by atoms with E-state index in [0.717, 1.165) is 37.9 Å². The molecule has 7 heteroatoms. The molecule has 2 fully saturated rings. The van der Waals surface area contributed by atoms with E-state index >= 15 is 0 Å². The average molecular weight is 414 g/mol. The van der Waals surface area contributed by atoms with Gasteiger partial charge in [-0.25, -0.2) is 4.39 Å². The van der Waals surface area contributed by atoms with Crippen LogP contribution < -0.4 is 5.73 Å². The summed E-state index contributed by atoms with van der Waals surface area (Å²) in [5.74, 6) is 0.407. The molecule has 1 aliphatic carbocycles. The lowest BCUT2D eigenvalue weighted by molar-refractivity contribution is 0.0663. The molecule has 0 bridgehead atoms. The molecular weight excluding hydrogens is 388 g/mol. The SMILES string of the molecule is CC(N)C1CCCN(C(=O)c2cc(C3CC3)nc3ccc(F)cc23)C1.Cl.Cl. The third-order valence-electron chi connectivity index (χ3n) is 5.51. The second kappa shape index (κ2) is 8.72. The summed E-state index contributed by atoms with van der Waals surface area (Å²) in [5, 5.41) is 0.609. The number of hydrogen-bond acceptors (Lipinski definition) is 3. The van der Waals surface area contributed by atoms with Crippen molar-refractivity contribution >= 4 is 41.6 Å². The minimum absolute atomic E-state index is 0. The van der Waals surface area contributed by atoms with Gasteiger partial charge < -0.3 is 10.6 Å². The summed E-state index contributed by atoms with van der Waals surface area (Å²) in [6.07, 6.45) is 4.25. The second-order valence-corrected chi connectivity index (χ2v) is 7.54. The highest BCUT2D eigenvalue weighted by Crippen LogP contribution is 2.40. The minimum Gasteiger partial charge on any atom is -0.338 e. The van der Waals surface area contributed by atoms with Crippen molar-refractivity contribution in [2.75, 3.05) is 13.1 Å². The van der Waals surface area contributed by atoms with Crippen molar-refractivity contribution in [2.45, 2.75) is 44.6 Å². The molecule has 2 aromatic rings. The van der Waals surface area contributed by atoms with E-state index in [0.29, 0.717) is 34.8 Å². The van der Waals surface area contributed by atoms with Crippen molar-refractivity contribution in [3.63, 3.8) is 0 Å². The predicted molar refractivity (Wildman–Crippen MR) is 110 cm³/mol. The van der Waals surface area contributed by atoms with Crippen molar-refractivity contribution in [3.8, 4) is 0 Å². The van der Waals surface area contributed by atoms with Gasteiger partial charge in [-0.1, -0.05) is 0 Å². The molecule has 4 nitrogen and oxygen atoms in total. The van der Waals surface area contributed by atoms with Crippen LogP contribution in [0.4, 0.5) is 4.39 Å². The van der Waals surface area contributed by atoms with Gasteiger partial charge >= 0.3 is 0 Å². The van der Waals surface area contributed by atoms with Gasteiger partial charge in [-0.3, -0.25) is 9.78 Å². The van der Waals surface area contributed by atoms with Gasteiger partial charge in [0.05, 0.1) is 11.1 Å². The Kier molecular flexibility index (Phi) is 7.06. The first-order valence-corrected chi connectivity index (χ1v) is 9.18. The highest BCUT2D eigenvalue weighted by atomic mass is 35.5. The van der Waals surface area contributed by atoms with Crippen molar-refractivity contribution in [3.05, 3.63) is 41.3 Å². The molecule has 1 aliphatic heterocycles. The van der Waals surface area contributed by atoms with E-state index in [1.165, 1.54) is 12.1 Å². The summed E-state index contributed by atoms with van der Waals surface area (Å²) in [6, 6.07) is 6.47. The van der Waals surface area contributed by atoms with Crippen molar-refractivity contribution in [1.82, 2.24) is 9.88 Å². The lowest BCUT2D eigenvalue weighted by Gasteiger charge is -2.35. The first kappa shape index (κ1) is 21.9. The van der Waals surface area contributed by atoms with Crippen LogP contribution in [0.15, 0.2) is 24.3 Å².